The van der Waals surface area contributed by atoms with Crippen LogP contribution in [0.2, 0.25) is 0 Å². The Kier molecular flexibility index (Phi) is 4.11. The summed E-state index contributed by atoms with van der Waals surface area (Å²) in [6.07, 6.45) is 0.0410. The highest BCUT2D eigenvalue weighted by Gasteiger charge is 2.09. The van der Waals surface area contributed by atoms with E-state index in [9.17, 15) is 0 Å². The lowest BCUT2D eigenvalue weighted by atomic mass is 10.0. The molecule has 0 aromatic heterocycles. The van der Waals surface area contributed by atoms with Crippen molar-refractivity contribution >= 4 is 0 Å². The summed E-state index contributed by atoms with van der Waals surface area (Å²) in [5, 5.41) is 0. The van der Waals surface area contributed by atoms with Gasteiger partial charge in [-0.25, -0.2) is 0 Å². The van der Waals surface area contributed by atoms with Crippen LogP contribution in [0, 0.1) is 13.8 Å². The molecule has 0 aliphatic heterocycles. The number of ether oxygens (including phenoxy) is 1. The molecular formula is C12H19NO. The Labute approximate surface area is 86.1 Å². The van der Waals surface area contributed by atoms with Gasteiger partial charge in [-0.2, -0.15) is 0 Å². The van der Waals surface area contributed by atoms with Crippen molar-refractivity contribution in [2.45, 2.75) is 26.9 Å². The second-order valence-corrected chi connectivity index (χ2v) is 3.52. The third kappa shape index (κ3) is 2.56. The molecule has 1 atom stereocenters. The molecule has 0 aliphatic carbocycles. The first-order chi connectivity index (χ1) is 6.69. The molecule has 0 amide bonds. The lowest BCUT2D eigenvalue weighted by Gasteiger charge is -2.16. The number of rotatable bonds is 4. The van der Waals surface area contributed by atoms with Crippen LogP contribution in [0.15, 0.2) is 18.2 Å². The summed E-state index contributed by atoms with van der Waals surface area (Å²) in [5.74, 6) is 0. The quantitative estimate of drug-likeness (QED) is 0.796. The van der Waals surface area contributed by atoms with E-state index in [4.69, 9.17) is 10.5 Å². The first kappa shape index (κ1) is 11.2. The molecule has 0 radical (unpaired) electrons. The summed E-state index contributed by atoms with van der Waals surface area (Å²) >= 11 is 0. The average Bonchev–Trinajstić information content (AvgIpc) is 2.19. The molecule has 2 N–H and O–H groups in total. The standard InChI is InChI=1S/C12H19NO/c1-4-14-12(8-13)11-6-5-9(2)10(3)7-11/h5-7,12H,4,8,13H2,1-3H3. The topological polar surface area (TPSA) is 35.2 Å². The van der Waals surface area contributed by atoms with Crippen LogP contribution >= 0.6 is 0 Å². The number of nitrogens with two attached hydrogens (primary N) is 1. The molecular weight excluding hydrogens is 174 g/mol. The summed E-state index contributed by atoms with van der Waals surface area (Å²) in [7, 11) is 0. The van der Waals surface area contributed by atoms with Gasteiger partial charge in [-0.1, -0.05) is 18.2 Å². The predicted octanol–water partition coefficient (Wildman–Crippen LogP) is 2.34. The zero-order valence-corrected chi connectivity index (χ0v) is 9.21. The summed E-state index contributed by atoms with van der Waals surface area (Å²) < 4.78 is 5.55. The molecule has 14 heavy (non-hydrogen) atoms. The number of benzene rings is 1. The molecule has 0 fully saturated rings. The van der Waals surface area contributed by atoms with E-state index < -0.39 is 0 Å². The van der Waals surface area contributed by atoms with Crippen molar-refractivity contribution in [2.24, 2.45) is 5.73 Å². The summed E-state index contributed by atoms with van der Waals surface area (Å²) in [6.45, 7) is 7.45. The van der Waals surface area contributed by atoms with Crippen molar-refractivity contribution in [1.82, 2.24) is 0 Å². The molecule has 0 spiro atoms. The van der Waals surface area contributed by atoms with E-state index in [1.165, 1.54) is 16.7 Å². The Morgan fingerprint density at radius 3 is 2.50 bits per heavy atom. The van der Waals surface area contributed by atoms with Crippen molar-refractivity contribution in [2.75, 3.05) is 13.2 Å². The van der Waals surface area contributed by atoms with Gasteiger partial charge in [0.2, 0.25) is 0 Å². The second kappa shape index (κ2) is 5.13. The van der Waals surface area contributed by atoms with Gasteiger partial charge in [-0.3, -0.25) is 0 Å². The van der Waals surface area contributed by atoms with Crippen LogP contribution in [0.5, 0.6) is 0 Å². The monoisotopic (exact) mass is 193 g/mol. The Morgan fingerprint density at radius 2 is 2.00 bits per heavy atom. The van der Waals surface area contributed by atoms with Crippen LogP contribution in [0.25, 0.3) is 0 Å². The van der Waals surface area contributed by atoms with Gasteiger partial charge in [0.25, 0.3) is 0 Å². The molecule has 0 saturated carbocycles. The highest BCUT2D eigenvalue weighted by molar-refractivity contribution is 5.31. The molecule has 2 heteroatoms. The number of aryl methyl sites for hydroxylation is 2. The summed E-state index contributed by atoms with van der Waals surface area (Å²) in [6, 6.07) is 6.37. The highest BCUT2D eigenvalue weighted by Crippen LogP contribution is 2.19. The van der Waals surface area contributed by atoms with Crippen molar-refractivity contribution in [3.8, 4) is 0 Å². The normalized spacial score (nSPS) is 12.9. The van der Waals surface area contributed by atoms with E-state index in [1.54, 1.807) is 0 Å². The summed E-state index contributed by atoms with van der Waals surface area (Å²) in [5.41, 5.74) is 9.43. The van der Waals surface area contributed by atoms with Crippen LogP contribution in [0.4, 0.5) is 0 Å². The van der Waals surface area contributed by atoms with Gasteiger partial charge in [0, 0.05) is 13.2 Å². The van der Waals surface area contributed by atoms with Crippen LogP contribution in [0.3, 0.4) is 0 Å². The zero-order valence-electron chi connectivity index (χ0n) is 9.21. The van der Waals surface area contributed by atoms with Gasteiger partial charge in [-0.05, 0) is 37.5 Å². The first-order valence-corrected chi connectivity index (χ1v) is 5.07. The average molecular weight is 193 g/mol. The van der Waals surface area contributed by atoms with E-state index >= 15 is 0 Å². The van der Waals surface area contributed by atoms with Gasteiger partial charge in [0.15, 0.2) is 0 Å². The third-order valence-electron chi connectivity index (χ3n) is 2.48. The maximum atomic E-state index is 5.65. The third-order valence-corrected chi connectivity index (χ3v) is 2.48. The van der Waals surface area contributed by atoms with Crippen LogP contribution < -0.4 is 5.73 Å². The van der Waals surface area contributed by atoms with Gasteiger partial charge < -0.3 is 10.5 Å². The predicted molar refractivity (Wildman–Crippen MR) is 59.3 cm³/mol. The minimum absolute atomic E-state index is 0.0410. The molecule has 0 bridgehead atoms. The lowest BCUT2D eigenvalue weighted by Crippen LogP contribution is -2.15. The summed E-state index contributed by atoms with van der Waals surface area (Å²) in [4.78, 5) is 0. The SMILES string of the molecule is CCOC(CN)c1ccc(C)c(C)c1. The van der Waals surface area contributed by atoms with Gasteiger partial charge >= 0.3 is 0 Å². The Hall–Kier alpha value is -0.860. The van der Waals surface area contributed by atoms with Crippen LogP contribution in [-0.2, 0) is 4.74 Å². The minimum Gasteiger partial charge on any atom is -0.372 e. The molecule has 0 saturated heterocycles. The van der Waals surface area contributed by atoms with Crippen molar-refractivity contribution < 1.29 is 4.74 Å². The fraction of sp³-hybridized carbons (Fsp3) is 0.500. The van der Waals surface area contributed by atoms with Gasteiger partial charge in [-0.15, -0.1) is 0 Å². The molecule has 1 aromatic rings. The van der Waals surface area contributed by atoms with Crippen molar-refractivity contribution in [3.63, 3.8) is 0 Å². The highest BCUT2D eigenvalue weighted by atomic mass is 16.5. The molecule has 0 aliphatic rings. The maximum Gasteiger partial charge on any atom is 0.0947 e. The maximum absolute atomic E-state index is 5.65. The lowest BCUT2D eigenvalue weighted by molar-refractivity contribution is 0.0688. The van der Waals surface area contributed by atoms with E-state index in [2.05, 4.69) is 32.0 Å². The Bertz CT molecular complexity index is 296. The van der Waals surface area contributed by atoms with E-state index in [1.807, 2.05) is 6.92 Å². The number of hydrogen-bond acceptors (Lipinski definition) is 2. The molecule has 0 heterocycles. The van der Waals surface area contributed by atoms with Crippen LogP contribution in [-0.4, -0.2) is 13.2 Å². The number of hydrogen-bond donors (Lipinski definition) is 1. The molecule has 2 nitrogen and oxygen atoms in total. The fourth-order valence-corrected chi connectivity index (χ4v) is 1.47. The van der Waals surface area contributed by atoms with E-state index in [-0.39, 0.29) is 6.10 Å². The van der Waals surface area contributed by atoms with Crippen molar-refractivity contribution in [1.29, 1.82) is 0 Å². The minimum atomic E-state index is 0.0410. The molecule has 1 rings (SSSR count). The molecule has 1 aromatic carbocycles. The fourth-order valence-electron chi connectivity index (χ4n) is 1.47. The Balaban J connectivity index is 2.88. The van der Waals surface area contributed by atoms with E-state index in [0.29, 0.717) is 13.2 Å². The molecule has 1 unspecified atom stereocenters. The van der Waals surface area contributed by atoms with Crippen LogP contribution in [0.1, 0.15) is 29.7 Å². The van der Waals surface area contributed by atoms with E-state index in [0.717, 1.165) is 0 Å². The first-order valence-electron chi connectivity index (χ1n) is 5.07. The van der Waals surface area contributed by atoms with Gasteiger partial charge in [0.1, 0.15) is 0 Å². The van der Waals surface area contributed by atoms with Crippen molar-refractivity contribution in [3.05, 3.63) is 34.9 Å². The second-order valence-electron chi connectivity index (χ2n) is 3.52. The smallest absolute Gasteiger partial charge is 0.0947 e. The Morgan fingerprint density at radius 1 is 1.29 bits per heavy atom. The largest absolute Gasteiger partial charge is 0.372 e. The van der Waals surface area contributed by atoms with Gasteiger partial charge in [0.05, 0.1) is 6.10 Å². The molecule has 78 valence electrons. The zero-order chi connectivity index (χ0) is 10.6.